The van der Waals surface area contributed by atoms with Gasteiger partial charge in [0.15, 0.2) is 29.2 Å². The average molecular weight is 604 g/mol. The molecule has 1 N–H and O–H groups in total. The van der Waals surface area contributed by atoms with Crippen LogP contribution in [0.15, 0.2) is 65.5 Å². The molecule has 1 atom stereocenters. The second kappa shape index (κ2) is 10.7. The van der Waals surface area contributed by atoms with Gasteiger partial charge < -0.3 is 23.6 Å². The summed E-state index contributed by atoms with van der Waals surface area (Å²) in [7, 11) is 0. The molecule has 220 valence electrons. The number of imidazole rings is 1. The fourth-order valence-electron chi connectivity index (χ4n) is 5.97. The summed E-state index contributed by atoms with van der Waals surface area (Å²) in [6, 6.07) is 13.5. The molecule has 1 unspecified atom stereocenters. The number of hydrogen-bond acceptors (Lipinski definition) is 8. The molecule has 1 saturated heterocycles. The van der Waals surface area contributed by atoms with Gasteiger partial charge in [0.1, 0.15) is 22.9 Å². The molecule has 2 aliphatic rings. The third kappa shape index (κ3) is 5.08. The number of likely N-dealkylation sites (tertiary alicyclic amines) is 1. The number of hydrogen-bond donors (Lipinski definition) is 1. The molecular weight excluding hydrogens is 577 g/mol. The highest BCUT2D eigenvalue weighted by molar-refractivity contribution is 6.30. The average Bonchev–Trinajstić information content (AvgIpc) is 3.71. The summed E-state index contributed by atoms with van der Waals surface area (Å²) >= 11 is 5.96. The van der Waals surface area contributed by atoms with Crippen LogP contribution in [0.4, 0.5) is 4.39 Å². The minimum Gasteiger partial charge on any atom is -0.477 e. The lowest BCUT2D eigenvalue weighted by Gasteiger charge is -2.32. The van der Waals surface area contributed by atoms with Gasteiger partial charge in [0.25, 0.3) is 5.79 Å². The van der Waals surface area contributed by atoms with Gasteiger partial charge in [-0.1, -0.05) is 23.7 Å². The number of para-hydroxylation sites is 1. The van der Waals surface area contributed by atoms with Gasteiger partial charge >= 0.3 is 5.97 Å². The normalized spacial score (nSPS) is 18.9. The molecule has 0 aliphatic carbocycles. The first-order valence-corrected chi connectivity index (χ1v) is 14.3. The number of pyridine rings is 1. The number of halogens is 2. The summed E-state index contributed by atoms with van der Waals surface area (Å²) in [5, 5.41) is 9.79. The first-order chi connectivity index (χ1) is 20.8. The van der Waals surface area contributed by atoms with Crippen LogP contribution in [0.1, 0.15) is 58.9 Å². The predicted molar refractivity (Wildman–Crippen MR) is 154 cm³/mol. The largest absolute Gasteiger partial charge is 0.477 e. The van der Waals surface area contributed by atoms with Crippen LogP contribution in [0.2, 0.25) is 5.02 Å². The second-order valence-corrected chi connectivity index (χ2v) is 11.4. The smallest absolute Gasteiger partial charge is 0.354 e. The Bertz CT molecular complexity index is 1840. The van der Waals surface area contributed by atoms with Gasteiger partial charge in [0.2, 0.25) is 0 Å². The molecule has 7 rings (SSSR count). The number of carboxylic acids is 1. The molecule has 1 fully saturated rings. The van der Waals surface area contributed by atoms with Crippen molar-refractivity contribution in [2.24, 2.45) is 0 Å². The van der Waals surface area contributed by atoms with Gasteiger partial charge in [-0.15, -0.1) is 0 Å². The quantitative estimate of drug-likeness (QED) is 0.240. The van der Waals surface area contributed by atoms with E-state index in [-0.39, 0.29) is 17.2 Å². The fraction of sp³-hybridized carbons (Fsp3) is 0.290. The molecule has 5 aromatic rings. The van der Waals surface area contributed by atoms with Crippen LogP contribution < -0.4 is 9.47 Å². The maximum Gasteiger partial charge on any atom is 0.354 e. The zero-order valence-electron chi connectivity index (χ0n) is 23.2. The van der Waals surface area contributed by atoms with E-state index in [1.165, 1.54) is 18.5 Å². The van der Waals surface area contributed by atoms with Gasteiger partial charge in [-0.05, 0) is 68.2 Å². The summed E-state index contributed by atoms with van der Waals surface area (Å²) in [5.41, 5.74) is 2.38. The summed E-state index contributed by atoms with van der Waals surface area (Å²) in [4.78, 5) is 27.1. The number of carboxylic acid groups (broad SMARTS) is 1. The highest BCUT2D eigenvalue weighted by Gasteiger charge is 2.43. The van der Waals surface area contributed by atoms with E-state index >= 15 is 0 Å². The van der Waals surface area contributed by atoms with E-state index in [9.17, 15) is 14.3 Å². The summed E-state index contributed by atoms with van der Waals surface area (Å²) in [6.07, 6.45) is 4.72. The van der Waals surface area contributed by atoms with E-state index in [0.29, 0.717) is 46.5 Å². The SMILES string of the molecule is CC1(c2ccc(Cl)cc2F)Oc2cccc(C3CCN(Cc4nc5ccc(C(=O)O)nc5n4Cc4cnco4)CC3)c2O1. The topological polar surface area (TPSA) is 116 Å². The summed E-state index contributed by atoms with van der Waals surface area (Å²) < 4.78 is 34.7. The van der Waals surface area contributed by atoms with E-state index < -0.39 is 17.6 Å². The Morgan fingerprint density at radius 1 is 1.12 bits per heavy atom. The van der Waals surface area contributed by atoms with Gasteiger partial charge in [-0.2, -0.15) is 0 Å². The Morgan fingerprint density at radius 3 is 2.70 bits per heavy atom. The Labute approximate surface area is 250 Å². The van der Waals surface area contributed by atoms with Crippen LogP contribution in [0.25, 0.3) is 11.2 Å². The molecule has 0 spiro atoms. The van der Waals surface area contributed by atoms with Crippen LogP contribution in [0, 0.1) is 5.82 Å². The monoisotopic (exact) mass is 603 g/mol. The van der Waals surface area contributed by atoms with Gasteiger partial charge in [0, 0.05) is 17.5 Å². The van der Waals surface area contributed by atoms with Crippen molar-refractivity contribution < 1.29 is 28.2 Å². The van der Waals surface area contributed by atoms with E-state index in [0.717, 1.165) is 37.3 Å². The number of piperidine rings is 1. The van der Waals surface area contributed by atoms with Crippen LogP contribution >= 0.6 is 11.6 Å². The van der Waals surface area contributed by atoms with Gasteiger partial charge in [-0.3, -0.25) is 4.90 Å². The number of rotatable bonds is 7. The van der Waals surface area contributed by atoms with E-state index in [1.807, 2.05) is 16.7 Å². The lowest BCUT2D eigenvalue weighted by molar-refractivity contribution is -0.0712. The Kier molecular flexibility index (Phi) is 6.78. The maximum absolute atomic E-state index is 14.8. The highest BCUT2D eigenvalue weighted by atomic mass is 35.5. The van der Waals surface area contributed by atoms with Crippen molar-refractivity contribution in [3.05, 3.63) is 100 Å². The molecule has 2 aromatic carbocycles. The van der Waals surface area contributed by atoms with E-state index in [1.54, 1.807) is 31.3 Å². The highest BCUT2D eigenvalue weighted by Crippen LogP contribution is 2.49. The van der Waals surface area contributed by atoms with Crippen LogP contribution in [-0.4, -0.2) is 48.6 Å². The zero-order chi connectivity index (χ0) is 29.7. The van der Waals surface area contributed by atoms with Crippen molar-refractivity contribution >= 4 is 28.7 Å². The Balaban J connectivity index is 1.09. The number of fused-ring (bicyclic) bond motifs is 2. The number of benzene rings is 2. The molecule has 12 heteroatoms. The Hall–Kier alpha value is -4.48. The Morgan fingerprint density at radius 2 is 1.95 bits per heavy atom. The molecule has 10 nitrogen and oxygen atoms in total. The fourth-order valence-corrected chi connectivity index (χ4v) is 6.13. The molecule has 0 saturated carbocycles. The number of oxazole rings is 1. The lowest BCUT2D eigenvalue weighted by atomic mass is 9.88. The van der Waals surface area contributed by atoms with Crippen LogP contribution in [0.3, 0.4) is 0 Å². The summed E-state index contributed by atoms with van der Waals surface area (Å²) in [6.45, 7) is 4.21. The molecular formula is C31H27ClFN5O5. The first-order valence-electron chi connectivity index (χ1n) is 13.9. The van der Waals surface area contributed by atoms with Crippen molar-refractivity contribution in [3.8, 4) is 11.5 Å². The van der Waals surface area contributed by atoms with Crippen molar-refractivity contribution in [3.63, 3.8) is 0 Å². The van der Waals surface area contributed by atoms with Gasteiger partial charge in [0.05, 0.1) is 24.8 Å². The third-order valence-corrected chi connectivity index (χ3v) is 8.35. The van der Waals surface area contributed by atoms with Crippen molar-refractivity contribution in [2.75, 3.05) is 13.1 Å². The number of aromatic nitrogens is 4. The molecule has 43 heavy (non-hydrogen) atoms. The first kappa shape index (κ1) is 27.4. The standard InChI is InChI=1S/C31H27ClFN5O5/c1-31(22-6-5-19(32)13-23(22)33)42-26-4-2-3-21(28(26)43-31)18-9-11-37(12-10-18)16-27-35-24-7-8-25(30(39)40)36-29(24)38(27)15-20-14-34-17-41-20/h2-8,13-14,17-18H,9-12,15-16H2,1H3,(H,39,40). The minimum absolute atomic E-state index is 0.0462. The minimum atomic E-state index is -1.30. The molecule has 3 aromatic heterocycles. The van der Waals surface area contributed by atoms with Crippen molar-refractivity contribution in [2.45, 2.75) is 44.6 Å². The van der Waals surface area contributed by atoms with Crippen LogP contribution in [0.5, 0.6) is 11.5 Å². The number of nitrogens with zero attached hydrogens (tertiary/aromatic N) is 5. The van der Waals surface area contributed by atoms with Crippen molar-refractivity contribution in [1.82, 2.24) is 24.4 Å². The van der Waals surface area contributed by atoms with E-state index in [4.69, 9.17) is 30.5 Å². The number of carbonyl (C=O) groups is 1. The zero-order valence-corrected chi connectivity index (χ0v) is 23.9. The predicted octanol–water partition coefficient (Wildman–Crippen LogP) is 5.98. The number of ether oxygens (including phenoxy) is 2. The molecule has 0 bridgehead atoms. The molecule has 0 radical (unpaired) electrons. The maximum atomic E-state index is 14.8. The van der Waals surface area contributed by atoms with E-state index in [2.05, 4.69) is 20.9 Å². The van der Waals surface area contributed by atoms with Gasteiger partial charge in [-0.25, -0.2) is 24.1 Å². The number of aromatic carboxylic acids is 1. The lowest BCUT2D eigenvalue weighted by Crippen LogP contribution is -2.34. The molecule has 2 aliphatic heterocycles. The van der Waals surface area contributed by atoms with Crippen LogP contribution in [-0.2, 0) is 18.9 Å². The third-order valence-electron chi connectivity index (χ3n) is 8.11. The summed E-state index contributed by atoms with van der Waals surface area (Å²) in [5.74, 6) is -0.0477. The second-order valence-electron chi connectivity index (χ2n) is 10.9. The molecule has 0 amide bonds. The molecule has 5 heterocycles. The van der Waals surface area contributed by atoms with Crippen molar-refractivity contribution in [1.29, 1.82) is 0 Å².